The lowest BCUT2D eigenvalue weighted by atomic mass is 10.2. The molecular weight excluding hydrogens is 380 g/mol. The van der Waals surface area contributed by atoms with E-state index in [0.717, 1.165) is 5.56 Å². The number of anilines is 1. The van der Waals surface area contributed by atoms with Crippen LogP contribution in [0, 0.1) is 5.82 Å². The van der Waals surface area contributed by atoms with Crippen LogP contribution < -0.4 is 10.1 Å². The van der Waals surface area contributed by atoms with Crippen molar-refractivity contribution in [3.8, 4) is 5.75 Å². The molecule has 5 nitrogen and oxygen atoms in total. The van der Waals surface area contributed by atoms with Crippen LogP contribution in [0.4, 0.5) is 10.2 Å². The molecule has 0 aliphatic rings. The average molecular weight is 394 g/mol. The molecule has 134 valence electrons. The summed E-state index contributed by atoms with van der Waals surface area (Å²) in [6, 6.07) is 10.9. The van der Waals surface area contributed by atoms with Crippen LogP contribution in [0.1, 0.15) is 15.9 Å². The van der Waals surface area contributed by atoms with Crippen molar-refractivity contribution in [2.24, 2.45) is 0 Å². The molecule has 26 heavy (non-hydrogen) atoms. The fourth-order valence-electron chi connectivity index (χ4n) is 2.42. The van der Waals surface area contributed by atoms with E-state index in [0.29, 0.717) is 17.3 Å². The molecule has 0 aliphatic heterocycles. The Morgan fingerprint density at radius 3 is 2.81 bits per heavy atom. The van der Waals surface area contributed by atoms with E-state index < -0.39 is 5.91 Å². The molecule has 3 rings (SSSR count). The first-order valence-electron chi connectivity index (χ1n) is 7.58. The van der Waals surface area contributed by atoms with Gasteiger partial charge in [-0.2, -0.15) is 5.10 Å². The SMILES string of the molecule is COc1ccc(Cl)cc1C(=O)Nc1nn(Cc2cccc(F)c2)cc1Cl. The molecule has 0 fully saturated rings. The number of halogens is 3. The second kappa shape index (κ2) is 7.76. The predicted octanol–water partition coefficient (Wildman–Crippen LogP) is 4.64. The zero-order chi connectivity index (χ0) is 18.7. The zero-order valence-electron chi connectivity index (χ0n) is 13.7. The van der Waals surface area contributed by atoms with Gasteiger partial charge in [-0.25, -0.2) is 4.39 Å². The molecule has 0 atom stereocenters. The van der Waals surface area contributed by atoms with E-state index in [1.165, 1.54) is 30.0 Å². The highest BCUT2D eigenvalue weighted by atomic mass is 35.5. The number of carbonyl (C=O) groups is 1. The minimum Gasteiger partial charge on any atom is -0.496 e. The molecule has 1 amide bonds. The zero-order valence-corrected chi connectivity index (χ0v) is 15.2. The van der Waals surface area contributed by atoms with Gasteiger partial charge in [-0.15, -0.1) is 0 Å². The molecule has 2 aromatic carbocycles. The van der Waals surface area contributed by atoms with Crippen molar-refractivity contribution in [2.75, 3.05) is 12.4 Å². The van der Waals surface area contributed by atoms with Crippen LogP contribution >= 0.6 is 23.2 Å². The second-order valence-electron chi connectivity index (χ2n) is 5.45. The molecule has 1 N–H and O–H groups in total. The number of benzene rings is 2. The maximum atomic E-state index is 13.3. The smallest absolute Gasteiger partial charge is 0.260 e. The molecule has 1 heterocycles. The van der Waals surface area contributed by atoms with Gasteiger partial charge in [0.1, 0.15) is 16.6 Å². The molecule has 8 heteroatoms. The molecule has 0 saturated heterocycles. The Morgan fingerprint density at radius 2 is 2.08 bits per heavy atom. The van der Waals surface area contributed by atoms with E-state index in [2.05, 4.69) is 10.4 Å². The number of hydrogen-bond donors (Lipinski definition) is 1. The van der Waals surface area contributed by atoms with Gasteiger partial charge in [-0.3, -0.25) is 9.48 Å². The van der Waals surface area contributed by atoms with Gasteiger partial charge in [0.05, 0.1) is 19.2 Å². The Hall–Kier alpha value is -2.57. The standard InChI is InChI=1S/C18H14Cl2FN3O2/c1-26-16-6-5-12(19)8-14(16)18(25)22-17-15(20)10-24(23-17)9-11-3-2-4-13(21)7-11/h2-8,10H,9H2,1H3,(H,22,23,25). The second-order valence-corrected chi connectivity index (χ2v) is 6.30. The van der Waals surface area contributed by atoms with Crippen molar-refractivity contribution in [1.29, 1.82) is 0 Å². The third kappa shape index (κ3) is 4.15. The van der Waals surface area contributed by atoms with E-state index >= 15 is 0 Å². The van der Waals surface area contributed by atoms with Crippen molar-refractivity contribution in [3.05, 3.63) is 75.7 Å². The fraction of sp³-hybridized carbons (Fsp3) is 0.111. The molecule has 0 saturated carbocycles. The minimum absolute atomic E-state index is 0.190. The Kier molecular flexibility index (Phi) is 5.44. The number of ether oxygens (including phenoxy) is 1. The van der Waals surface area contributed by atoms with Crippen LogP contribution in [-0.4, -0.2) is 22.8 Å². The Balaban J connectivity index is 1.79. The number of nitrogens with zero attached hydrogens (tertiary/aromatic N) is 2. The fourth-order valence-corrected chi connectivity index (χ4v) is 2.79. The summed E-state index contributed by atoms with van der Waals surface area (Å²) in [5.41, 5.74) is 0.981. The number of amides is 1. The monoisotopic (exact) mass is 393 g/mol. The van der Waals surface area contributed by atoms with Gasteiger partial charge < -0.3 is 10.1 Å². The first-order chi connectivity index (χ1) is 12.5. The number of nitrogens with one attached hydrogen (secondary N) is 1. The third-order valence-electron chi connectivity index (χ3n) is 3.59. The lowest BCUT2D eigenvalue weighted by molar-refractivity contribution is 0.102. The van der Waals surface area contributed by atoms with Gasteiger partial charge in [-0.1, -0.05) is 35.3 Å². The molecule has 0 aliphatic carbocycles. The maximum absolute atomic E-state index is 13.3. The molecule has 0 unspecified atom stereocenters. The maximum Gasteiger partial charge on any atom is 0.260 e. The number of aromatic nitrogens is 2. The summed E-state index contributed by atoms with van der Waals surface area (Å²) in [5, 5.41) is 7.53. The summed E-state index contributed by atoms with van der Waals surface area (Å²) in [5.74, 6) is -0.220. The van der Waals surface area contributed by atoms with Crippen molar-refractivity contribution in [2.45, 2.75) is 6.54 Å². The first-order valence-corrected chi connectivity index (χ1v) is 8.34. The Morgan fingerprint density at radius 1 is 1.27 bits per heavy atom. The van der Waals surface area contributed by atoms with E-state index in [-0.39, 0.29) is 22.2 Å². The van der Waals surface area contributed by atoms with Crippen LogP contribution in [0.5, 0.6) is 5.75 Å². The van der Waals surface area contributed by atoms with Crippen molar-refractivity contribution >= 4 is 34.9 Å². The summed E-state index contributed by atoms with van der Waals surface area (Å²) in [7, 11) is 1.46. The van der Waals surface area contributed by atoms with Crippen LogP contribution in [0.2, 0.25) is 10.0 Å². The third-order valence-corrected chi connectivity index (χ3v) is 4.10. The highest BCUT2D eigenvalue weighted by Gasteiger charge is 2.16. The van der Waals surface area contributed by atoms with E-state index in [4.69, 9.17) is 27.9 Å². The van der Waals surface area contributed by atoms with Gasteiger partial charge in [0.15, 0.2) is 5.82 Å². The van der Waals surface area contributed by atoms with E-state index in [1.54, 1.807) is 30.5 Å². The Bertz CT molecular complexity index is 959. The predicted molar refractivity (Wildman–Crippen MR) is 98.7 cm³/mol. The topological polar surface area (TPSA) is 56.1 Å². The lowest BCUT2D eigenvalue weighted by Crippen LogP contribution is -2.14. The molecule has 0 bridgehead atoms. The summed E-state index contributed by atoms with van der Waals surface area (Å²) >= 11 is 12.1. The van der Waals surface area contributed by atoms with Gasteiger partial charge in [0.25, 0.3) is 5.91 Å². The molecule has 0 spiro atoms. The summed E-state index contributed by atoms with van der Waals surface area (Å²) in [6.07, 6.45) is 1.55. The summed E-state index contributed by atoms with van der Waals surface area (Å²) < 4.78 is 20.0. The van der Waals surface area contributed by atoms with Crippen LogP contribution in [0.15, 0.2) is 48.7 Å². The number of methoxy groups -OCH3 is 1. The molecule has 0 radical (unpaired) electrons. The summed E-state index contributed by atoms with van der Waals surface area (Å²) in [6.45, 7) is 0.313. The largest absolute Gasteiger partial charge is 0.496 e. The van der Waals surface area contributed by atoms with E-state index in [9.17, 15) is 9.18 Å². The van der Waals surface area contributed by atoms with Gasteiger partial charge in [0, 0.05) is 11.2 Å². The molecule has 1 aromatic heterocycles. The van der Waals surface area contributed by atoms with E-state index in [1.807, 2.05) is 0 Å². The average Bonchev–Trinajstić information content (AvgIpc) is 2.94. The lowest BCUT2D eigenvalue weighted by Gasteiger charge is -2.08. The van der Waals surface area contributed by atoms with Gasteiger partial charge in [0.2, 0.25) is 0 Å². The van der Waals surface area contributed by atoms with Gasteiger partial charge in [-0.05, 0) is 35.9 Å². The van der Waals surface area contributed by atoms with Crippen LogP contribution in [0.3, 0.4) is 0 Å². The van der Waals surface area contributed by atoms with Gasteiger partial charge >= 0.3 is 0 Å². The summed E-state index contributed by atoms with van der Waals surface area (Å²) in [4.78, 5) is 12.5. The Labute approximate surface area is 159 Å². The normalized spacial score (nSPS) is 10.6. The van der Waals surface area contributed by atoms with Crippen molar-refractivity contribution in [3.63, 3.8) is 0 Å². The van der Waals surface area contributed by atoms with Crippen molar-refractivity contribution in [1.82, 2.24) is 9.78 Å². The highest BCUT2D eigenvalue weighted by Crippen LogP contribution is 2.25. The quantitative estimate of drug-likeness (QED) is 0.686. The minimum atomic E-state index is -0.456. The molecule has 3 aromatic rings. The number of hydrogen-bond acceptors (Lipinski definition) is 3. The first kappa shape index (κ1) is 18.2. The number of carbonyl (C=O) groups excluding carboxylic acids is 1. The van der Waals surface area contributed by atoms with Crippen LogP contribution in [-0.2, 0) is 6.54 Å². The molecular formula is C18H14Cl2FN3O2. The highest BCUT2D eigenvalue weighted by molar-refractivity contribution is 6.33. The number of rotatable bonds is 5. The van der Waals surface area contributed by atoms with Crippen LogP contribution in [0.25, 0.3) is 0 Å². The van der Waals surface area contributed by atoms with Crippen molar-refractivity contribution < 1.29 is 13.9 Å².